The Morgan fingerprint density at radius 2 is 1.95 bits per heavy atom. The molecule has 1 atom stereocenters. The van der Waals surface area contributed by atoms with Crippen molar-refractivity contribution in [1.82, 2.24) is 10.5 Å². The molecule has 2 rings (SSSR count). The zero-order chi connectivity index (χ0) is 14.5. The van der Waals surface area contributed by atoms with E-state index in [9.17, 15) is 9.59 Å². The molecule has 0 fully saturated rings. The Balaban J connectivity index is 2.06. The number of benzene rings is 1. The van der Waals surface area contributed by atoms with E-state index in [0.717, 1.165) is 0 Å². The van der Waals surface area contributed by atoms with Gasteiger partial charge >= 0.3 is 5.97 Å². The van der Waals surface area contributed by atoms with Gasteiger partial charge in [-0.2, -0.15) is 0 Å². The molecule has 0 unspecified atom stereocenters. The highest BCUT2D eigenvalue weighted by Gasteiger charge is 2.22. The lowest BCUT2D eigenvalue weighted by atomic mass is 10.1. The van der Waals surface area contributed by atoms with E-state index in [-0.39, 0.29) is 17.9 Å². The minimum Gasteiger partial charge on any atom is -0.508 e. The Morgan fingerprint density at radius 1 is 1.25 bits per heavy atom. The average Bonchev–Trinajstić information content (AvgIpc) is 2.94. The van der Waals surface area contributed by atoms with Gasteiger partial charge in [0.15, 0.2) is 5.69 Å². The number of carboxylic acid groups (broad SMARTS) is 1. The third kappa shape index (κ3) is 3.35. The van der Waals surface area contributed by atoms with Gasteiger partial charge in [0.2, 0.25) is 0 Å². The fourth-order valence-corrected chi connectivity index (χ4v) is 1.63. The number of aromatic nitrogens is 1. The Morgan fingerprint density at radius 3 is 2.50 bits per heavy atom. The van der Waals surface area contributed by atoms with Crippen molar-refractivity contribution in [3.05, 3.63) is 47.9 Å². The van der Waals surface area contributed by atoms with Crippen molar-refractivity contribution >= 4 is 11.9 Å². The number of hydrogen-bond donors (Lipinski definition) is 3. The highest BCUT2D eigenvalue weighted by Crippen LogP contribution is 2.11. The normalized spacial score (nSPS) is 11.8. The molecule has 0 radical (unpaired) electrons. The van der Waals surface area contributed by atoms with Crippen molar-refractivity contribution < 1.29 is 24.3 Å². The van der Waals surface area contributed by atoms with E-state index < -0.39 is 17.9 Å². The summed E-state index contributed by atoms with van der Waals surface area (Å²) < 4.78 is 4.52. The number of carbonyl (C=O) groups excluding carboxylic acids is 1. The molecule has 1 heterocycles. The number of carboxylic acids is 1. The lowest BCUT2D eigenvalue weighted by molar-refractivity contribution is -0.139. The van der Waals surface area contributed by atoms with Crippen LogP contribution in [0.4, 0.5) is 0 Å². The Hall–Kier alpha value is -2.83. The van der Waals surface area contributed by atoms with Crippen LogP contribution in [0.5, 0.6) is 5.75 Å². The summed E-state index contributed by atoms with van der Waals surface area (Å²) in [5.74, 6) is -1.69. The summed E-state index contributed by atoms with van der Waals surface area (Å²) in [6.07, 6.45) is 1.32. The molecule has 0 aliphatic heterocycles. The molecular weight excluding hydrogens is 264 g/mol. The second-order valence-electron chi connectivity index (χ2n) is 4.12. The Labute approximate surface area is 113 Å². The summed E-state index contributed by atoms with van der Waals surface area (Å²) >= 11 is 0. The first-order valence-electron chi connectivity index (χ1n) is 5.78. The van der Waals surface area contributed by atoms with Gasteiger partial charge in [-0.1, -0.05) is 17.3 Å². The van der Waals surface area contributed by atoms with Crippen LogP contribution in [-0.2, 0) is 11.2 Å². The second kappa shape index (κ2) is 5.87. The maximum atomic E-state index is 11.7. The van der Waals surface area contributed by atoms with E-state index in [4.69, 9.17) is 10.2 Å². The first-order valence-corrected chi connectivity index (χ1v) is 5.78. The van der Waals surface area contributed by atoms with Gasteiger partial charge in [-0.3, -0.25) is 4.79 Å². The first kappa shape index (κ1) is 13.6. The van der Waals surface area contributed by atoms with E-state index in [1.165, 1.54) is 24.5 Å². The molecule has 1 aromatic carbocycles. The van der Waals surface area contributed by atoms with E-state index in [2.05, 4.69) is 15.0 Å². The van der Waals surface area contributed by atoms with Crippen LogP contribution < -0.4 is 5.32 Å². The van der Waals surface area contributed by atoms with Crippen molar-refractivity contribution in [2.75, 3.05) is 0 Å². The van der Waals surface area contributed by atoms with Crippen molar-refractivity contribution in [3.63, 3.8) is 0 Å². The number of aliphatic carboxylic acids is 1. The van der Waals surface area contributed by atoms with Crippen molar-refractivity contribution in [1.29, 1.82) is 0 Å². The fourth-order valence-electron chi connectivity index (χ4n) is 1.63. The van der Waals surface area contributed by atoms with Crippen LogP contribution in [-0.4, -0.2) is 33.3 Å². The van der Waals surface area contributed by atoms with E-state index in [1.807, 2.05) is 0 Å². The third-order valence-corrected chi connectivity index (χ3v) is 2.65. The van der Waals surface area contributed by atoms with Gasteiger partial charge in [0.1, 0.15) is 18.1 Å². The largest absolute Gasteiger partial charge is 0.508 e. The molecular formula is C13H12N2O5. The molecule has 0 aliphatic rings. The molecule has 7 heteroatoms. The number of aromatic hydroxyl groups is 1. The topological polar surface area (TPSA) is 113 Å². The van der Waals surface area contributed by atoms with E-state index in [1.54, 1.807) is 12.1 Å². The zero-order valence-corrected chi connectivity index (χ0v) is 10.3. The number of carbonyl (C=O) groups is 2. The predicted octanol–water partition coefficient (Wildman–Crippen LogP) is 0.806. The maximum absolute atomic E-state index is 11.7. The summed E-state index contributed by atoms with van der Waals surface area (Å²) in [5.41, 5.74) is 0.692. The highest BCUT2D eigenvalue weighted by atomic mass is 16.5. The maximum Gasteiger partial charge on any atom is 0.326 e. The number of nitrogens with one attached hydrogen (secondary N) is 1. The van der Waals surface area contributed by atoms with Crippen LogP contribution in [0, 0.1) is 0 Å². The van der Waals surface area contributed by atoms with Gasteiger partial charge in [0, 0.05) is 12.5 Å². The molecule has 0 saturated heterocycles. The lowest BCUT2D eigenvalue weighted by Crippen LogP contribution is -2.42. The first-order chi connectivity index (χ1) is 9.56. The molecule has 0 bridgehead atoms. The number of nitrogens with zero attached hydrogens (tertiary/aromatic N) is 1. The third-order valence-electron chi connectivity index (χ3n) is 2.65. The number of rotatable bonds is 5. The van der Waals surface area contributed by atoms with Crippen molar-refractivity contribution in [2.45, 2.75) is 12.5 Å². The van der Waals surface area contributed by atoms with Gasteiger partial charge in [-0.25, -0.2) is 4.79 Å². The predicted molar refractivity (Wildman–Crippen MR) is 67.2 cm³/mol. The summed E-state index contributed by atoms with van der Waals surface area (Å²) in [6.45, 7) is 0. The molecule has 1 aromatic heterocycles. The monoisotopic (exact) mass is 276 g/mol. The second-order valence-corrected chi connectivity index (χ2v) is 4.12. The van der Waals surface area contributed by atoms with Crippen LogP contribution in [0.2, 0.25) is 0 Å². The van der Waals surface area contributed by atoms with Gasteiger partial charge in [0.25, 0.3) is 5.91 Å². The minimum absolute atomic E-state index is 0.0157. The van der Waals surface area contributed by atoms with Crippen LogP contribution >= 0.6 is 0 Å². The average molecular weight is 276 g/mol. The summed E-state index contributed by atoms with van der Waals surface area (Å²) in [5, 5.41) is 24.1. The molecule has 7 nitrogen and oxygen atoms in total. The molecule has 0 aliphatic carbocycles. The number of amides is 1. The minimum atomic E-state index is -1.16. The SMILES string of the molecule is O=C(N[C@H](Cc1ccc(O)cc1)C(=O)O)c1ccon1. The number of hydrogen-bond acceptors (Lipinski definition) is 5. The molecule has 1 amide bonds. The molecule has 0 saturated carbocycles. The molecule has 2 aromatic rings. The smallest absolute Gasteiger partial charge is 0.326 e. The van der Waals surface area contributed by atoms with Gasteiger partial charge < -0.3 is 20.1 Å². The lowest BCUT2D eigenvalue weighted by Gasteiger charge is -2.13. The highest BCUT2D eigenvalue weighted by molar-refractivity contribution is 5.94. The van der Waals surface area contributed by atoms with Gasteiger partial charge in [-0.05, 0) is 17.7 Å². The Bertz CT molecular complexity index is 592. The summed E-state index contributed by atoms with van der Waals surface area (Å²) in [6, 6.07) is 6.33. The molecule has 0 spiro atoms. The fraction of sp³-hybridized carbons (Fsp3) is 0.154. The molecule has 20 heavy (non-hydrogen) atoms. The van der Waals surface area contributed by atoms with Crippen LogP contribution in [0.3, 0.4) is 0 Å². The van der Waals surface area contributed by atoms with Crippen LogP contribution in [0.1, 0.15) is 16.1 Å². The summed E-state index contributed by atoms with van der Waals surface area (Å²) in [4.78, 5) is 22.9. The van der Waals surface area contributed by atoms with Gasteiger partial charge in [-0.15, -0.1) is 0 Å². The number of phenolic OH excluding ortho intramolecular Hbond substituents is 1. The van der Waals surface area contributed by atoms with Crippen LogP contribution in [0.15, 0.2) is 41.1 Å². The molecule has 3 N–H and O–H groups in total. The zero-order valence-electron chi connectivity index (χ0n) is 10.3. The van der Waals surface area contributed by atoms with E-state index in [0.29, 0.717) is 5.56 Å². The van der Waals surface area contributed by atoms with Crippen molar-refractivity contribution in [2.24, 2.45) is 0 Å². The van der Waals surface area contributed by atoms with E-state index >= 15 is 0 Å². The van der Waals surface area contributed by atoms with Crippen molar-refractivity contribution in [3.8, 4) is 5.75 Å². The Kier molecular flexibility index (Phi) is 3.99. The van der Waals surface area contributed by atoms with Crippen LogP contribution in [0.25, 0.3) is 0 Å². The number of phenols is 1. The standard InChI is InChI=1S/C13H12N2O5/c16-9-3-1-8(2-4-9)7-11(13(18)19)14-12(17)10-5-6-20-15-10/h1-6,11,16H,7H2,(H,14,17)(H,18,19)/t11-/m1/s1. The molecule has 104 valence electrons. The van der Waals surface area contributed by atoms with Gasteiger partial charge in [0.05, 0.1) is 0 Å². The quantitative estimate of drug-likeness (QED) is 0.744. The summed E-state index contributed by atoms with van der Waals surface area (Å²) in [7, 11) is 0.